The third-order valence-electron chi connectivity index (χ3n) is 2.09. The van der Waals surface area contributed by atoms with E-state index in [2.05, 4.69) is 0 Å². The van der Waals surface area contributed by atoms with E-state index >= 15 is 0 Å². The topological polar surface area (TPSA) is 32.7 Å². The maximum absolute atomic E-state index is 9.95. The lowest BCUT2D eigenvalue weighted by Crippen LogP contribution is -2.20. The van der Waals surface area contributed by atoms with E-state index in [1.54, 1.807) is 25.3 Å². The van der Waals surface area contributed by atoms with E-state index in [9.17, 15) is 5.11 Å². The molecule has 0 heterocycles. The van der Waals surface area contributed by atoms with E-state index < -0.39 is 6.10 Å². The summed E-state index contributed by atoms with van der Waals surface area (Å²) in [6.07, 6.45) is -0.589. The van der Waals surface area contributed by atoms with Crippen LogP contribution in [-0.2, 0) is 0 Å². The molecule has 0 aliphatic heterocycles. The number of benzene rings is 1. The molecule has 0 saturated carbocycles. The molecule has 0 aliphatic rings. The van der Waals surface area contributed by atoms with Gasteiger partial charge in [-0.15, -0.1) is 0 Å². The summed E-state index contributed by atoms with van der Waals surface area (Å²) in [5.74, 6) is 0.661. The Bertz CT molecular complexity index is 328. The average Bonchev–Trinajstić information content (AvgIpc) is 2.16. The Kier molecular flexibility index (Phi) is 4.39. The van der Waals surface area contributed by atoms with Gasteiger partial charge < -0.3 is 14.7 Å². The van der Waals surface area contributed by atoms with Crippen LogP contribution in [0.2, 0.25) is 5.02 Å². The summed E-state index contributed by atoms with van der Waals surface area (Å²) in [5.41, 5.74) is 0.721. The van der Waals surface area contributed by atoms with Gasteiger partial charge in [0.25, 0.3) is 0 Å². The predicted octanol–water partition coefficient (Wildman–Crippen LogP) is 1.94. The first-order valence-electron chi connectivity index (χ1n) is 4.71. The molecule has 1 atom stereocenters. The van der Waals surface area contributed by atoms with Crippen molar-refractivity contribution in [3.8, 4) is 5.75 Å². The number of rotatable bonds is 4. The van der Waals surface area contributed by atoms with E-state index in [1.165, 1.54) is 0 Å². The number of halogens is 1. The van der Waals surface area contributed by atoms with Gasteiger partial charge >= 0.3 is 0 Å². The highest BCUT2D eigenvalue weighted by molar-refractivity contribution is 6.30. The van der Waals surface area contributed by atoms with Crippen molar-refractivity contribution in [2.24, 2.45) is 0 Å². The van der Waals surface area contributed by atoms with Crippen LogP contribution in [0.1, 0.15) is 11.7 Å². The fourth-order valence-corrected chi connectivity index (χ4v) is 1.59. The lowest BCUT2D eigenvalue weighted by molar-refractivity contribution is 0.135. The van der Waals surface area contributed by atoms with Crippen LogP contribution in [0.5, 0.6) is 5.75 Å². The Hall–Kier alpha value is -0.770. The average molecular weight is 230 g/mol. The van der Waals surface area contributed by atoms with Crippen molar-refractivity contribution in [3.05, 3.63) is 28.8 Å². The number of hydrogen-bond donors (Lipinski definition) is 1. The van der Waals surface area contributed by atoms with Gasteiger partial charge in [-0.25, -0.2) is 0 Å². The summed E-state index contributed by atoms with van der Waals surface area (Å²) in [4.78, 5) is 1.91. The molecular formula is C11H16ClNO2. The van der Waals surface area contributed by atoms with Crippen molar-refractivity contribution < 1.29 is 9.84 Å². The van der Waals surface area contributed by atoms with Gasteiger partial charge in [0.15, 0.2) is 0 Å². The van der Waals surface area contributed by atoms with Crippen LogP contribution >= 0.6 is 11.6 Å². The molecule has 4 heteroatoms. The zero-order valence-electron chi connectivity index (χ0n) is 9.20. The molecule has 1 unspecified atom stereocenters. The molecule has 15 heavy (non-hydrogen) atoms. The molecule has 0 spiro atoms. The minimum absolute atomic E-state index is 0.538. The number of likely N-dealkylation sites (N-methyl/N-ethyl adjacent to an activating group) is 1. The van der Waals surface area contributed by atoms with Gasteiger partial charge in [-0.3, -0.25) is 0 Å². The molecule has 1 aromatic carbocycles. The van der Waals surface area contributed by atoms with Crippen LogP contribution in [0.3, 0.4) is 0 Å². The largest absolute Gasteiger partial charge is 0.496 e. The van der Waals surface area contributed by atoms with Gasteiger partial charge in [0.2, 0.25) is 0 Å². The standard InChI is InChI=1S/C11H16ClNO2/c1-13(2)7-10(14)9-6-8(12)4-5-11(9)15-3/h4-6,10,14H,7H2,1-3H3. The molecule has 0 aromatic heterocycles. The molecule has 0 saturated heterocycles. The Morgan fingerprint density at radius 2 is 2.13 bits per heavy atom. The normalized spacial score (nSPS) is 12.9. The van der Waals surface area contributed by atoms with Crippen molar-refractivity contribution in [2.75, 3.05) is 27.7 Å². The third-order valence-corrected chi connectivity index (χ3v) is 2.32. The van der Waals surface area contributed by atoms with E-state index in [0.29, 0.717) is 17.3 Å². The second-order valence-corrected chi connectivity index (χ2v) is 4.10. The van der Waals surface area contributed by atoms with Crippen molar-refractivity contribution in [1.29, 1.82) is 0 Å². The quantitative estimate of drug-likeness (QED) is 0.857. The molecule has 1 rings (SSSR count). The zero-order chi connectivity index (χ0) is 11.4. The van der Waals surface area contributed by atoms with E-state index in [-0.39, 0.29) is 0 Å². The number of nitrogens with zero attached hydrogens (tertiary/aromatic N) is 1. The SMILES string of the molecule is COc1ccc(Cl)cc1C(O)CN(C)C. The predicted molar refractivity (Wildman–Crippen MR) is 61.5 cm³/mol. The zero-order valence-corrected chi connectivity index (χ0v) is 9.95. The van der Waals surface area contributed by atoms with Gasteiger partial charge in [-0.05, 0) is 32.3 Å². The molecule has 0 aliphatic carbocycles. The van der Waals surface area contributed by atoms with Crippen LogP contribution < -0.4 is 4.74 Å². The Morgan fingerprint density at radius 1 is 1.47 bits per heavy atom. The highest BCUT2D eigenvalue weighted by Crippen LogP contribution is 2.28. The van der Waals surface area contributed by atoms with Gasteiger partial charge in [0.05, 0.1) is 13.2 Å². The summed E-state index contributed by atoms with van der Waals surface area (Å²) in [6, 6.07) is 5.23. The van der Waals surface area contributed by atoms with E-state index in [4.69, 9.17) is 16.3 Å². The number of ether oxygens (including phenoxy) is 1. The first-order valence-corrected chi connectivity index (χ1v) is 5.08. The lowest BCUT2D eigenvalue weighted by atomic mass is 10.1. The van der Waals surface area contributed by atoms with Crippen LogP contribution in [0.4, 0.5) is 0 Å². The fourth-order valence-electron chi connectivity index (χ4n) is 1.41. The first-order chi connectivity index (χ1) is 7.04. The monoisotopic (exact) mass is 229 g/mol. The van der Waals surface area contributed by atoms with Gasteiger partial charge in [-0.2, -0.15) is 0 Å². The van der Waals surface area contributed by atoms with Crippen LogP contribution in [0, 0.1) is 0 Å². The molecule has 0 amide bonds. The minimum Gasteiger partial charge on any atom is -0.496 e. The van der Waals surface area contributed by atoms with Crippen LogP contribution in [0.15, 0.2) is 18.2 Å². The number of hydrogen-bond acceptors (Lipinski definition) is 3. The maximum Gasteiger partial charge on any atom is 0.124 e. The van der Waals surface area contributed by atoms with E-state index in [0.717, 1.165) is 5.56 Å². The summed E-state index contributed by atoms with van der Waals surface area (Å²) in [7, 11) is 5.38. The second kappa shape index (κ2) is 5.35. The Balaban J connectivity index is 2.94. The highest BCUT2D eigenvalue weighted by atomic mass is 35.5. The summed E-state index contributed by atoms with van der Waals surface area (Å²) in [6.45, 7) is 0.538. The summed E-state index contributed by atoms with van der Waals surface area (Å²) in [5, 5.41) is 10.5. The van der Waals surface area contributed by atoms with Gasteiger partial charge in [-0.1, -0.05) is 11.6 Å². The maximum atomic E-state index is 9.95. The summed E-state index contributed by atoms with van der Waals surface area (Å²) < 4.78 is 5.17. The van der Waals surface area contributed by atoms with Crippen LogP contribution in [0.25, 0.3) is 0 Å². The minimum atomic E-state index is -0.589. The van der Waals surface area contributed by atoms with Crippen molar-refractivity contribution in [1.82, 2.24) is 4.90 Å². The second-order valence-electron chi connectivity index (χ2n) is 3.66. The highest BCUT2D eigenvalue weighted by Gasteiger charge is 2.14. The lowest BCUT2D eigenvalue weighted by Gasteiger charge is -2.18. The molecule has 84 valence electrons. The summed E-state index contributed by atoms with van der Waals surface area (Å²) >= 11 is 5.87. The Morgan fingerprint density at radius 3 is 2.67 bits per heavy atom. The van der Waals surface area contributed by atoms with Gasteiger partial charge in [0, 0.05) is 17.1 Å². The molecule has 0 fully saturated rings. The molecule has 0 radical (unpaired) electrons. The molecule has 3 nitrogen and oxygen atoms in total. The van der Waals surface area contributed by atoms with Crippen molar-refractivity contribution in [2.45, 2.75) is 6.10 Å². The molecule has 0 bridgehead atoms. The molecule has 1 N–H and O–H groups in total. The van der Waals surface area contributed by atoms with Gasteiger partial charge in [0.1, 0.15) is 5.75 Å². The third kappa shape index (κ3) is 3.38. The van der Waals surface area contributed by atoms with Crippen LogP contribution in [-0.4, -0.2) is 37.8 Å². The smallest absolute Gasteiger partial charge is 0.124 e. The number of aliphatic hydroxyl groups is 1. The molecular weight excluding hydrogens is 214 g/mol. The van der Waals surface area contributed by atoms with Crippen molar-refractivity contribution >= 4 is 11.6 Å². The van der Waals surface area contributed by atoms with E-state index in [1.807, 2.05) is 19.0 Å². The fraction of sp³-hybridized carbons (Fsp3) is 0.455. The number of methoxy groups -OCH3 is 1. The Labute approximate surface area is 95.2 Å². The molecule has 1 aromatic rings. The first kappa shape index (κ1) is 12.3. The number of aliphatic hydroxyl groups excluding tert-OH is 1. The van der Waals surface area contributed by atoms with Crippen molar-refractivity contribution in [3.63, 3.8) is 0 Å².